The molecular weight excluding hydrogens is 260 g/mol. The Morgan fingerprint density at radius 3 is 2.50 bits per heavy atom. The van der Waals surface area contributed by atoms with E-state index in [0.717, 1.165) is 4.68 Å². The van der Waals surface area contributed by atoms with E-state index in [4.69, 9.17) is 16.1 Å². The number of hydrogen-bond acceptors (Lipinski definition) is 5. The molecule has 1 aromatic carbocycles. The zero-order chi connectivity index (χ0) is 14.9. The van der Waals surface area contributed by atoms with Gasteiger partial charge in [0.15, 0.2) is 5.69 Å². The molecule has 1 aromatic heterocycles. The average Bonchev–Trinajstić information content (AvgIpc) is 2.40. The van der Waals surface area contributed by atoms with Crippen LogP contribution in [0.1, 0.15) is 21.6 Å². The number of aromatic carboxylic acids is 1. The number of hydrogen-bond donors (Lipinski definition) is 2. The zero-order valence-corrected chi connectivity index (χ0v) is 10.5. The molecular formula is C13H10N4O3. The minimum absolute atomic E-state index is 0.0525. The number of anilines is 1. The number of carboxylic acids is 1. The second-order valence-electron chi connectivity index (χ2n) is 4.07. The third kappa shape index (κ3) is 2.10. The van der Waals surface area contributed by atoms with Crippen molar-refractivity contribution in [2.45, 2.75) is 6.92 Å². The Kier molecular flexibility index (Phi) is 3.23. The number of rotatable bonds is 2. The van der Waals surface area contributed by atoms with Gasteiger partial charge in [-0.3, -0.25) is 4.79 Å². The Balaban J connectivity index is 2.81. The predicted octanol–water partition coefficient (Wildman–Crippen LogP) is 0.693. The van der Waals surface area contributed by atoms with Gasteiger partial charge in [-0.1, -0.05) is 0 Å². The van der Waals surface area contributed by atoms with Crippen LogP contribution in [0.25, 0.3) is 5.69 Å². The third-order valence-electron chi connectivity index (χ3n) is 2.79. The highest BCUT2D eigenvalue weighted by atomic mass is 16.4. The summed E-state index contributed by atoms with van der Waals surface area (Å²) in [5, 5.41) is 21.9. The lowest BCUT2D eigenvalue weighted by atomic mass is 10.1. The van der Waals surface area contributed by atoms with Gasteiger partial charge in [0, 0.05) is 11.3 Å². The van der Waals surface area contributed by atoms with Crippen LogP contribution in [0, 0.1) is 18.3 Å². The summed E-state index contributed by atoms with van der Waals surface area (Å²) in [6.45, 7) is 1.38. The van der Waals surface area contributed by atoms with Crippen LogP contribution in [0.5, 0.6) is 0 Å². The lowest BCUT2D eigenvalue weighted by molar-refractivity contribution is 0.0687. The molecule has 0 spiro atoms. The van der Waals surface area contributed by atoms with Gasteiger partial charge in [-0.05, 0) is 31.2 Å². The van der Waals surface area contributed by atoms with Crippen LogP contribution in [-0.2, 0) is 0 Å². The van der Waals surface area contributed by atoms with Crippen LogP contribution >= 0.6 is 0 Å². The zero-order valence-electron chi connectivity index (χ0n) is 10.5. The molecule has 0 bridgehead atoms. The first-order valence-corrected chi connectivity index (χ1v) is 5.59. The van der Waals surface area contributed by atoms with E-state index in [1.807, 2.05) is 0 Å². The SMILES string of the molecule is Cc1c(C(=O)O)nn(-c2ccc(N)cc2)c(=O)c1C#N. The summed E-state index contributed by atoms with van der Waals surface area (Å²) in [5.41, 5.74) is 5.19. The molecule has 0 saturated carbocycles. The van der Waals surface area contributed by atoms with Gasteiger partial charge in [-0.25, -0.2) is 4.79 Å². The average molecular weight is 270 g/mol. The molecule has 20 heavy (non-hydrogen) atoms. The number of benzene rings is 1. The Morgan fingerprint density at radius 2 is 2.00 bits per heavy atom. The molecule has 3 N–H and O–H groups in total. The topological polar surface area (TPSA) is 122 Å². The molecule has 1 heterocycles. The molecule has 0 aliphatic rings. The van der Waals surface area contributed by atoms with E-state index in [2.05, 4.69) is 5.10 Å². The molecule has 0 radical (unpaired) electrons. The summed E-state index contributed by atoms with van der Waals surface area (Å²) < 4.78 is 0.883. The Hall–Kier alpha value is -3.14. The van der Waals surface area contributed by atoms with E-state index < -0.39 is 11.5 Å². The smallest absolute Gasteiger partial charge is 0.356 e. The summed E-state index contributed by atoms with van der Waals surface area (Å²) in [7, 11) is 0. The molecule has 0 aliphatic heterocycles. The molecule has 0 fully saturated rings. The summed E-state index contributed by atoms with van der Waals surface area (Å²) in [5.74, 6) is -1.30. The number of nitrogens with zero attached hydrogens (tertiary/aromatic N) is 3. The molecule has 0 unspecified atom stereocenters. The Morgan fingerprint density at radius 1 is 1.40 bits per heavy atom. The van der Waals surface area contributed by atoms with Gasteiger partial charge < -0.3 is 10.8 Å². The summed E-state index contributed by atoms with van der Waals surface area (Å²) in [6, 6.07) is 7.86. The largest absolute Gasteiger partial charge is 0.476 e. The molecule has 2 rings (SSSR count). The van der Waals surface area contributed by atoms with Crippen molar-refractivity contribution in [3.63, 3.8) is 0 Å². The highest BCUT2D eigenvalue weighted by molar-refractivity contribution is 5.87. The van der Waals surface area contributed by atoms with E-state index in [9.17, 15) is 9.59 Å². The van der Waals surface area contributed by atoms with Gasteiger partial charge >= 0.3 is 5.97 Å². The maximum Gasteiger partial charge on any atom is 0.356 e. The van der Waals surface area contributed by atoms with E-state index in [-0.39, 0.29) is 16.8 Å². The van der Waals surface area contributed by atoms with E-state index in [1.54, 1.807) is 18.2 Å². The summed E-state index contributed by atoms with van der Waals surface area (Å²) >= 11 is 0. The van der Waals surface area contributed by atoms with Crippen molar-refractivity contribution in [1.82, 2.24) is 9.78 Å². The number of carboxylic acid groups (broad SMARTS) is 1. The summed E-state index contributed by atoms with van der Waals surface area (Å²) in [6.07, 6.45) is 0. The molecule has 7 heteroatoms. The first-order valence-electron chi connectivity index (χ1n) is 5.59. The van der Waals surface area contributed by atoms with Crippen LogP contribution in [0.2, 0.25) is 0 Å². The van der Waals surface area contributed by atoms with Crippen molar-refractivity contribution in [1.29, 1.82) is 5.26 Å². The first kappa shape index (κ1) is 13.3. The van der Waals surface area contributed by atoms with Crippen molar-refractivity contribution < 1.29 is 9.90 Å². The number of nitrogens with two attached hydrogens (primary N) is 1. The molecule has 0 aliphatic carbocycles. The highest BCUT2D eigenvalue weighted by Gasteiger charge is 2.19. The second-order valence-corrected chi connectivity index (χ2v) is 4.07. The standard InChI is InChI=1S/C13H10N4O3/c1-7-10(6-14)12(18)17(16-11(7)13(19)20)9-4-2-8(15)3-5-9/h2-5H,15H2,1H3,(H,19,20). The van der Waals surface area contributed by atoms with Crippen LogP contribution in [-0.4, -0.2) is 20.9 Å². The second kappa shape index (κ2) is 4.85. The van der Waals surface area contributed by atoms with Crippen molar-refractivity contribution >= 4 is 11.7 Å². The van der Waals surface area contributed by atoms with Crippen LogP contribution < -0.4 is 11.3 Å². The fourth-order valence-corrected chi connectivity index (χ4v) is 1.73. The van der Waals surface area contributed by atoms with Gasteiger partial charge in [0.2, 0.25) is 0 Å². The minimum atomic E-state index is -1.30. The first-order chi connectivity index (χ1) is 9.45. The number of nitrogen functional groups attached to an aromatic ring is 1. The Labute approximate surface area is 113 Å². The van der Waals surface area contributed by atoms with Crippen LogP contribution in [0.15, 0.2) is 29.1 Å². The summed E-state index contributed by atoms with van der Waals surface area (Å²) in [4.78, 5) is 23.3. The van der Waals surface area contributed by atoms with Crippen molar-refractivity contribution in [3.8, 4) is 11.8 Å². The maximum atomic E-state index is 12.1. The monoisotopic (exact) mass is 270 g/mol. The fourth-order valence-electron chi connectivity index (χ4n) is 1.73. The number of carbonyl (C=O) groups is 1. The number of aromatic nitrogens is 2. The predicted molar refractivity (Wildman–Crippen MR) is 70.7 cm³/mol. The molecule has 0 atom stereocenters. The molecule has 0 amide bonds. The van der Waals surface area contributed by atoms with E-state index in [0.29, 0.717) is 11.4 Å². The minimum Gasteiger partial charge on any atom is -0.476 e. The quantitative estimate of drug-likeness (QED) is 0.774. The van der Waals surface area contributed by atoms with E-state index in [1.165, 1.54) is 19.1 Å². The molecule has 7 nitrogen and oxygen atoms in total. The highest BCUT2D eigenvalue weighted by Crippen LogP contribution is 2.12. The van der Waals surface area contributed by atoms with Crippen molar-refractivity contribution in [3.05, 3.63) is 51.4 Å². The third-order valence-corrected chi connectivity index (χ3v) is 2.79. The Bertz CT molecular complexity index is 785. The van der Waals surface area contributed by atoms with Crippen molar-refractivity contribution in [2.75, 3.05) is 5.73 Å². The van der Waals surface area contributed by atoms with Gasteiger partial charge in [-0.15, -0.1) is 0 Å². The molecule has 0 saturated heterocycles. The van der Waals surface area contributed by atoms with Gasteiger partial charge in [0.25, 0.3) is 5.56 Å². The van der Waals surface area contributed by atoms with Gasteiger partial charge in [-0.2, -0.15) is 15.0 Å². The molecule has 2 aromatic rings. The normalized spacial score (nSPS) is 10.0. The van der Waals surface area contributed by atoms with Gasteiger partial charge in [0.05, 0.1) is 5.69 Å². The number of nitriles is 1. The van der Waals surface area contributed by atoms with Crippen molar-refractivity contribution in [2.24, 2.45) is 0 Å². The maximum absolute atomic E-state index is 12.1. The fraction of sp³-hybridized carbons (Fsp3) is 0.0769. The lowest BCUT2D eigenvalue weighted by Gasteiger charge is -2.09. The van der Waals surface area contributed by atoms with E-state index >= 15 is 0 Å². The molecule has 100 valence electrons. The lowest BCUT2D eigenvalue weighted by Crippen LogP contribution is -2.28. The van der Waals surface area contributed by atoms with Gasteiger partial charge in [0.1, 0.15) is 11.6 Å². The van der Waals surface area contributed by atoms with Crippen LogP contribution in [0.3, 0.4) is 0 Å². The van der Waals surface area contributed by atoms with Crippen LogP contribution in [0.4, 0.5) is 5.69 Å².